The molecule has 0 aromatic heterocycles. The minimum absolute atomic E-state index is 0.142. The van der Waals surface area contributed by atoms with E-state index < -0.39 is 0 Å². The smallest absolute Gasteiger partial charge is 0.333 e. The van der Waals surface area contributed by atoms with Crippen molar-refractivity contribution >= 4 is 17.9 Å². The zero-order valence-corrected chi connectivity index (χ0v) is 18.3. The predicted octanol–water partition coefficient (Wildman–Crippen LogP) is 3.93. The summed E-state index contributed by atoms with van der Waals surface area (Å²) in [6.45, 7) is 19.6. The van der Waals surface area contributed by atoms with Crippen molar-refractivity contribution in [2.45, 2.75) is 59.5 Å². The van der Waals surface area contributed by atoms with Crippen LogP contribution in [0.5, 0.6) is 0 Å². The Bertz CT molecular complexity index is 533. The Labute approximate surface area is 174 Å². The molecule has 0 aromatic carbocycles. The quantitative estimate of drug-likeness (QED) is 0.167. The standard InChI is InChI=1S/C8H14O2.C7H10O3.C7H12O2/c1-4-5-6-10-8(9)7(2)3;1-5(2)7(8)10-4-6-3-9-6;1-3-5-6-9-7(8)4-2/h2,4-6H2,1,3H3;6H,1,3-4H2,2H3;4H,2-3,5-6H2,1H3. The average molecular weight is 413 g/mol. The summed E-state index contributed by atoms with van der Waals surface area (Å²) in [5, 5.41) is 0. The van der Waals surface area contributed by atoms with Crippen LogP contribution in [0.25, 0.3) is 0 Å². The average Bonchev–Trinajstić information content (AvgIpc) is 3.51. The number of unbranched alkanes of at least 4 members (excludes halogenated alkanes) is 2. The number of hydrogen-bond donors (Lipinski definition) is 0. The first kappa shape index (κ1) is 28.8. The summed E-state index contributed by atoms with van der Waals surface area (Å²) in [4.78, 5) is 31.7. The molecule has 0 aromatic rings. The molecule has 0 amide bonds. The fraction of sp³-hybridized carbons (Fsp3) is 0.591. The Morgan fingerprint density at radius 1 is 0.931 bits per heavy atom. The third-order valence-electron chi connectivity index (χ3n) is 3.14. The van der Waals surface area contributed by atoms with Gasteiger partial charge >= 0.3 is 17.9 Å². The van der Waals surface area contributed by atoms with Gasteiger partial charge in [0, 0.05) is 17.2 Å². The molecule has 0 bridgehead atoms. The number of epoxide rings is 1. The maximum absolute atomic E-state index is 10.7. The molecule has 0 aliphatic carbocycles. The van der Waals surface area contributed by atoms with Gasteiger partial charge in [0.15, 0.2) is 0 Å². The largest absolute Gasteiger partial charge is 0.463 e. The fourth-order valence-corrected chi connectivity index (χ4v) is 1.26. The zero-order chi connectivity index (χ0) is 22.7. The van der Waals surface area contributed by atoms with E-state index >= 15 is 0 Å². The molecule has 1 rings (SSSR count). The van der Waals surface area contributed by atoms with Gasteiger partial charge in [-0.25, -0.2) is 14.4 Å². The first-order chi connectivity index (χ1) is 13.7. The van der Waals surface area contributed by atoms with Gasteiger partial charge in [-0.1, -0.05) is 46.4 Å². The summed E-state index contributed by atoms with van der Waals surface area (Å²) in [7, 11) is 0. The van der Waals surface area contributed by atoms with E-state index in [9.17, 15) is 14.4 Å². The maximum atomic E-state index is 10.7. The van der Waals surface area contributed by atoms with Crippen LogP contribution in [-0.4, -0.2) is 50.4 Å². The van der Waals surface area contributed by atoms with Crippen molar-refractivity contribution in [3.05, 3.63) is 37.0 Å². The Morgan fingerprint density at radius 2 is 1.38 bits per heavy atom. The molecular formula is C22H36O7. The molecule has 1 heterocycles. The zero-order valence-electron chi connectivity index (χ0n) is 18.3. The van der Waals surface area contributed by atoms with Crippen molar-refractivity contribution in [2.24, 2.45) is 0 Å². The van der Waals surface area contributed by atoms with Gasteiger partial charge < -0.3 is 18.9 Å². The van der Waals surface area contributed by atoms with E-state index in [0.717, 1.165) is 25.7 Å². The lowest BCUT2D eigenvalue weighted by Gasteiger charge is -2.01. The minimum atomic E-state index is -0.337. The van der Waals surface area contributed by atoms with Gasteiger partial charge in [0.2, 0.25) is 0 Å². The number of carbonyl (C=O) groups excluding carboxylic acids is 3. The molecule has 1 atom stereocenters. The number of esters is 3. The van der Waals surface area contributed by atoms with Crippen molar-refractivity contribution < 1.29 is 33.3 Å². The van der Waals surface area contributed by atoms with Crippen LogP contribution in [-0.2, 0) is 33.3 Å². The van der Waals surface area contributed by atoms with E-state index in [1.165, 1.54) is 6.08 Å². The molecule has 0 N–H and O–H groups in total. The van der Waals surface area contributed by atoms with Crippen molar-refractivity contribution in [2.75, 3.05) is 26.4 Å². The summed E-state index contributed by atoms with van der Waals surface area (Å²) < 4.78 is 19.1. The molecule has 166 valence electrons. The highest BCUT2D eigenvalue weighted by molar-refractivity contribution is 5.87. The third kappa shape index (κ3) is 21.7. The normalized spacial score (nSPS) is 13.3. The van der Waals surface area contributed by atoms with Crippen LogP contribution in [0.4, 0.5) is 0 Å². The second kappa shape index (κ2) is 18.9. The van der Waals surface area contributed by atoms with E-state index in [1.54, 1.807) is 13.8 Å². The highest BCUT2D eigenvalue weighted by Crippen LogP contribution is 2.09. The van der Waals surface area contributed by atoms with Gasteiger partial charge in [0.05, 0.1) is 19.8 Å². The van der Waals surface area contributed by atoms with Gasteiger partial charge in [-0.15, -0.1) is 0 Å². The van der Waals surface area contributed by atoms with Crippen LogP contribution in [0.2, 0.25) is 0 Å². The van der Waals surface area contributed by atoms with E-state index in [4.69, 9.17) is 14.2 Å². The molecular weight excluding hydrogens is 376 g/mol. The van der Waals surface area contributed by atoms with Gasteiger partial charge in [0.1, 0.15) is 12.7 Å². The molecule has 7 nitrogen and oxygen atoms in total. The lowest BCUT2D eigenvalue weighted by Crippen LogP contribution is -2.09. The second-order valence-corrected chi connectivity index (χ2v) is 6.33. The molecule has 0 saturated carbocycles. The summed E-state index contributed by atoms with van der Waals surface area (Å²) in [5.41, 5.74) is 0.900. The summed E-state index contributed by atoms with van der Waals surface area (Å²) >= 11 is 0. The van der Waals surface area contributed by atoms with Crippen molar-refractivity contribution in [1.29, 1.82) is 0 Å². The van der Waals surface area contributed by atoms with Crippen LogP contribution < -0.4 is 0 Å². The van der Waals surface area contributed by atoms with Gasteiger partial charge in [-0.2, -0.15) is 0 Å². The Kier molecular flexibility index (Phi) is 18.8. The molecule has 7 heteroatoms. The third-order valence-corrected chi connectivity index (χ3v) is 3.14. The first-order valence-corrected chi connectivity index (χ1v) is 9.75. The van der Waals surface area contributed by atoms with Gasteiger partial charge in [-0.3, -0.25) is 0 Å². The van der Waals surface area contributed by atoms with Crippen LogP contribution in [0.1, 0.15) is 53.4 Å². The Morgan fingerprint density at radius 3 is 1.76 bits per heavy atom. The topological polar surface area (TPSA) is 91.4 Å². The molecule has 1 aliphatic rings. The van der Waals surface area contributed by atoms with E-state index in [-0.39, 0.29) is 24.0 Å². The highest BCUT2D eigenvalue weighted by atomic mass is 16.6. The van der Waals surface area contributed by atoms with E-state index in [1.807, 2.05) is 6.92 Å². The van der Waals surface area contributed by atoms with Crippen LogP contribution >= 0.6 is 0 Å². The summed E-state index contributed by atoms with van der Waals surface area (Å²) in [5.74, 6) is -0.951. The molecule has 0 spiro atoms. The van der Waals surface area contributed by atoms with Crippen LogP contribution in [0.15, 0.2) is 37.0 Å². The molecule has 1 saturated heterocycles. The highest BCUT2D eigenvalue weighted by Gasteiger charge is 2.24. The van der Waals surface area contributed by atoms with Crippen LogP contribution in [0, 0.1) is 0 Å². The van der Waals surface area contributed by atoms with Crippen molar-refractivity contribution in [3.63, 3.8) is 0 Å². The predicted molar refractivity (Wildman–Crippen MR) is 112 cm³/mol. The Balaban J connectivity index is 0. The monoisotopic (exact) mass is 412 g/mol. The second-order valence-electron chi connectivity index (χ2n) is 6.33. The fourth-order valence-electron chi connectivity index (χ4n) is 1.26. The maximum Gasteiger partial charge on any atom is 0.333 e. The van der Waals surface area contributed by atoms with E-state index in [2.05, 4.69) is 31.4 Å². The number of hydrogen-bond acceptors (Lipinski definition) is 7. The lowest BCUT2D eigenvalue weighted by molar-refractivity contribution is -0.140. The molecule has 1 aliphatic heterocycles. The Hall–Kier alpha value is -2.41. The number of ether oxygens (including phenoxy) is 4. The van der Waals surface area contributed by atoms with Crippen LogP contribution in [0.3, 0.4) is 0 Å². The molecule has 0 radical (unpaired) electrons. The molecule has 1 unspecified atom stereocenters. The van der Waals surface area contributed by atoms with Crippen molar-refractivity contribution in [1.82, 2.24) is 0 Å². The van der Waals surface area contributed by atoms with Gasteiger partial charge in [0.25, 0.3) is 0 Å². The molecule has 29 heavy (non-hydrogen) atoms. The number of rotatable bonds is 11. The first-order valence-electron chi connectivity index (χ1n) is 9.75. The lowest BCUT2D eigenvalue weighted by atomic mass is 10.3. The summed E-state index contributed by atoms with van der Waals surface area (Å²) in [6.07, 6.45) is 5.27. The van der Waals surface area contributed by atoms with Crippen molar-refractivity contribution in [3.8, 4) is 0 Å². The molecule has 1 fully saturated rings. The minimum Gasteiger partial charge on any atom is -0.463 e. The van der Waals surface area contributed by atoms with Gasteiger partial charge in [-0.05, 0) is 26.7 Å². The van der Waals surface area contributed by atoms with E-state index in [0.29, 0.717) is 37.6 Å². The summed E-state index contributed by atoms with van der Waals surface area (Å²) in [6, 6.07) is 0. The number of carbonyl (C=O) groups is 3. The SMILES string of the molecule is C=C(C)C(=O)OCC1CO1.C=C(C)C(=O)OCCCC.C=CC(=O)OCCCC.